The molecule has 0 saturated carbocycles. The highest BCUT2D eigenvalue weighted by molar-refractivity contribution is 5.82. The van der Waals surface area contributed by atoms with E-state index in [2.05, 4.69) is 83.2 Å². The number of aliphatic imine (C=N–C) groups is 1. The quantitative estimate of drug-likeness (QED) is 0.499. The Hall–Kier alpha value is -3.02. The number of piperazine rings is 1. The monoisotopic (exact) mass is 393 g/mol. The van der Waals surface area contributed by atoms with Gasteiger partial charge in [0.05, 0.1) is 13.1 Å². The van der Waals surface area contributed by atoms with E-state index >= 15 is 0 Å². The van der Waals surface area contributed by atoms with Gasteiger partial charge >= 0.3 is 0 Å². The van der Waals surface area contributed by atoms with E-state index in [1.807, 2.05) is 6.07 Å². The first kappa shape index (κ1) is 20.7. The molecule has 3 N–H and O–H groups in total. The van der Waals surface area contributed by atoms with Crippen molar-refractivity contribution in [2.24, 2.45) is 4.99 Å². The molecule has 6 nitrogen and oxygen atoms in total. The average Bonchev–Trinajstić information content (AvgIpc) is 2.76. The minimum absolute atomic E-state index is 0.0796. The van der Waals surface area contributed by atoms with Gasteiger partial charge in [-0.3, -0.25) is 4.79 Å². The number of benzene rings is 2. The summed E-state index contributed by atoms with van der Waals surface area (Å²) in [6.07, 6.45) is 0. The zero-order valence-corrected chi connectivity index (χ0v) is 17.3. The van der Waals surface area contributed by atoms with Gasteiger partial charge in [0.1, 0.15) is 0 Å². The standard InChI is InChI=1S/C23H31N5O/c1-3-24-23(26-15-18(2)20-7-5-4-6-8-20)27-16-19-9-11-21(12-10-19)28-14-13-25-22(29)17-28/h4-12,18H,3,13-17H2,1-2H3,(H,25,29)(H2,24,26,27). The molecule has 2 aromatic rings. The van der Waals surface area contributed by atoms with Crippen LogP contribution in [0.25, 0.3) is 0 Å². The molecule has 1 aliphatic heterocycles. The lowest BCUT2D eigenvalue weighted by Gasteiger charge is -2.28. The lowest BCUT2D eigenvalue weighted by atomic mass is 10.0. The summed E-state index contributed by atoms with van der Waals surface area (Å²) >= 11 is 0. The highest BCUT2D eigenvalue weighted by Gasteiger charge is 2.16. The highest BCUT2D eigenvalue weighted by Crippen LogP contribution is 2.17. The number of nitrogens with one attached hydrogen (secondary N) is 3. The molecule has 0 aromatic heterocycles. The van der Waals surface area contributed by atoms with Gasteiger partial charge < -0.3 is 20.9 Å². The van der Waals surface area contributed by atoms with Crippen LogP contribution in [-0.2, 0) is 11.3 Å². The Morgan fingerprint density at radius 1 is 1.14 bits per heavy atom. The minimum Gasteiger partial charge on any atom is -0.360 e. The Bertz CT molecular complexity index is 804. The molecule has 1 fully saturated rings. The number of hydrogen-bond donors (Lipinski definition) is 3. The fourth-order valence-corrected chi connectivity index (χ4v) is 3.33. The molecule has 1 heterocycles. The van der Waals surface area contributed by atoms with Crippen LogP contribution in [0.15, 0.2) is 59.6 Å². The third kappa shape index (κ3) is 6.24. The Morgan fingerprint density at radius 3 is 2.59 bits per heavy atom. The summed E-state index contributed by atoms with van der Waals surface area (Å²) in [6, 6.07) is 18.8. The van der Waals surface area contributed by atoms with Crippen LogP contribution < -0.4 is 20.9 Å². The predicted octanol–water partition coefficient (Wildman–Crippen LogP) is 2.48. The van der Waals surface area contributed by atoms with Crippen LogP contribution in [0.2, 0.25) is 0 Å². The number of rotatable bonds is 7. The number of carbonyl (C=O) groups is 1. The molecular formula is C23H31N5O. The SMILES string of the molecule is CCNC(=NCc1ccc(N2CCNC(=O)C2)cc1)NCC(C)c1ccccc1. The molecular weight excluding hydrogens is 362 g/mol. The highest BCUT2D eigenvalue weighted by atomic mass is 16.2. The van der Waals surface area contributed by atoms with Crippen molar-refractivity contribution in [2.75, 3.05) is 37.6 Å². The van der Waals surface area contributed by atoms with Gasteiger partial charge in [-0.05, 0) is 36.1 Å². The molecule has 1 aliphatic rings. The molecule has 1 unspecified atom stereocenters. The van der Waals surface area contributed by atoms with Gasteiger partial charge in [0.15, 0.2) is 5.96 Å². The van der Waals surface area contributed by atoms with Gasteiger partial charge in [-0.15, -0.1) is 0 Å². The van der Waals surface area contributed by atoms with E-state index in [1.165, 1.54) is 5.56 Å². The fourth-order valence-electron chi connectivity index (χ4n) is 3.33. The van der Waals surface area contributed by atoms with Crippen LogP contribution in [0.5, 0.6) is 0 Å². The van der Waals surface area contributed by atoms with Crippen molar-refractivity contribution in [1.82, 2.24) is 16.0 Å². The Labute approximate surface area is 173 Å². The number of amides is 1. The van der Waals surface area contributed by atoms with Crippen molar-refractivity contribution in [3.05, 3.63) is 65.7 Å². The van der Waals surface area contributed by atoms with Crippen molar-refractivity contribution in [1.29, 1.82) is 0 Å². The van der Waals surface area contributed by atoms with E-state index in [1.54, 1.807) is 0 Å². The van der Waals surface area contributed by atoms with Crippen molar-refractivity contribution in [2.45, 2.75) is 26.3 Å². The van der Waals surface area contributed by atoms with Crippen LogP contribution in [-0.4, -0.2) is 44.6 Å². The number of hydrogen-bond acceptors (Lipinski definition) is 3. The smallest absolute Gasteiger partial charge is 0.239 e. The molecule has 2 aromatic carbocycles. The summed E-state index contributed by atoms with van der Waals surface area (Å²) < 4.78 is 0. The van der Waals surface area contributed by atoms with E-state index in [0.717, 1.165) is 36.8 Å². The third-order valence-corrected chi connectivity index (χ3v) is 5.05. The van der Waals surface area contributed by atoms with Crippen LogP contribution in [0, 0.1) is 0 Å². The van der Waals surface area contributed by atoms with Crippen LogP contribution in [0.4, 0.5) is 5.69 Å². The first-order valence-corrected chi connectivity index (χ1v) is 10.3. The number of guanidine groups is 1. The maximum atomic E-state index is 11.6. The maximum absolute atomic E-state index is 11.6. The second-order valence-electron chi connectivity index (χ2n) is 7.33. The summed E-state index contributed by atoms with van der Waals surface area (Å²) in [5, 5.41) is 9.61. The lowest BCUT2D eigenvalue weighted by molar-refractivity contribution is -0.120. The summed E-state index contributed by atoms with van der Waals surface area (Å²) in [5.41, 5.74) is 3.54. The van der Waals surface area contributed by atoms with Crippen molar-refractivity contribution in [3.8, 4) is 0 Å². The molecule has 1 saturated heterocycles. The normalized spacial score (nSPS) is 15.6. The van der Waals surface area contributed by atoms with Crippen LogP contribution in [0.1, 0.15) is 30.9 Å². The van der Waals surface area contributed by atoms with Crippen molar-refractivity contribution in [3.63, 3.8) is 0 Å². The zero-order chi connectivity index (χ0) is 20.5. The van der Waals surface area contributed by atoms with Gasteiger partial charge in [-0.1, -0.05) is 49.4 Å². The largest absolute Gasteiger partial charge is 0.360 e. The molecule has 3 rings (SSSR count). The van der Waals surface area contributed by atoms with E-state index in [0.29, 0.717) is 25.6 Å². The summed E-state index contributed by atoms with van der Waals surface area (Å²) in [4.78, 5) is 18.4. The van der Waals surface area contributed by atoms with Gasteiger partial charge in [0, 0.05) is 31.9 Å². The molecule has 154 valence electrons. The molecule has 0 spiro atoms. The second-order valence-corrected chi connectivity index (χ2v) is 7.33. The minimum atomic E-state index is 0.0796. The van der Waals surface area contributed by atoms with Crippen LogP contribution in [0.3, 0.4) is 0 Å². The molecule has 0 radical (unpaired) electrons. The molecule has 1 amide bonds. The van der Waals surface area contributed by atoms with Crippen molar-refractivity contribution < 1.29 is 4.79 Å². The van der Waals surface area contributed by atoms with E-state index in [4.69, 9.17) is 4.99 Å². The second kappa shape index (κ2) is 10.5. The average molecular weight is 394 g/mol. The molecule has 1 atom stereocenters. The zero-order valence-electron chi connectivity index (χ0n) is 17.3. The van der Waals surface area contributed by atoms with Gasteiger partial charge in [-0.25, -0.2) is 4.99 Å². The van der Waals surface area contributed by atoms with E-state index in [9.17, 15) is 4.79 Å². The topological polar surface area (TPSA) is 68.8 Å². The molecule has 6 heteroatoms. The summed E-state index contributed by atoms with van der Waals surface area (Å²) in [6.45, 7) is 8.50. The first-order valence-electron chi connectivity index (χ1n) is 10.3. The van der Waals surface area contributed by atoms with Gasteiger partial charge in [0.2, 0.25) is 5.91 Å². The molecule has 29 heavy (non-hydrogen) atoms. The molecule has 0 aliphatic carbocycles. The van der Waals surface area contributed by atoms with Crippen molar-refractivity contribution >= 4 is 17.6 Å². The first-order chi connectivity index (χ1) is 14.2. The third-order valence-electron chi connectivity index (χ3n) is 5.05. The van der Waals surface area contributed by atoms with E-state index in [-0.39, 0.29) is 5.91 Å². The van der Waals surface area contributed by atoms with Crippen LogP contribution >= 0.6 is 0 Å². The Balaban J connectivity index is 1.55. The Kier molecular flexibility index (Phi) is 7.50. The number of carbonyl (C=O) groups excluding carboxylic acids is 1. The molecule has 0 bridgehead atoms. The van der Waals surface area contributed by atoms with Gasteiger partial charge in [0.25, 0.3) is 0 Å². The lowest BCUT2D eigenvalue weighted by Crippen LogP contribution is -2.47. The summed E-state index contributed by atoms with van der Waals surface area (Å²) in [5.74, 6) is 1.31. The summed E-state index contributed by atoms with van der Waals surface area (Å²) in [7, 11) is 0. The maximum Gasteiger partial charge on any atom is 0.239 e. The number of anilines is 1. The van der Waals surface area contributed by atoms with E-state index < -0.39 is 0 Å². The fraction of sp³-hybridized carbons (Fsp3) is 0.391. The van der Waals surface area contributed by atoms with Gasteiger partial charge in [-0.2, -0.15) is 0 Å². The Morgan fingerprint density at radius 2 is 1.90 bits per heavy atom. The predicted molar refractivity (Wildman–Crippen MR) is 119 cm³/mol. The number of nitrogens with zero attached hydrogens (tertiary/aromatic N) is 2.